The fourth-order valence-electron chi connectivity index (χ4n) is 1.30. The van der Waals surface area contributed by atoms with E-state index in [1.54, 1.807) is 0 Å². The molecule has 0 aromatic carbocycles. The Morgan fingerprint density at radius 2 is 1.86 bits per heavy atom. The van der Waals surface area contributed by atoms with Crippen molar-refractivity contribution in [2.75, 3.05) is 0 Å². The van der Waals surface area contributed by atoms with Crippen molar-refractivity contribution in [2.24, 2.45) is 5.92 Å². The van der Waals surface area contributed by atoms with E-state index in [2.05, 4.69) is 13.8 Å². The maximum absolute atomic E-state index is 11.7. The van der Waals surface area contributed by atoms with Crippen molar-refractivity contribution in [1.82, 2.24) is 0 Å². The molecule has 2 nitrogen and oxygen atoms in total. The molecule has 0 unspecified atom stereocenters. The van der Waals surface area contributed by atoms with E-state index in [4.69, 9.17) is 4.42 Å². The normalized spacial score (nSPS) is 11.4. The molecule has 1 aromatic heterocycles. The fourth-order valence-corrected chi connectivity index (χ4v) is 1.30. The molecule has 0 amide bonds. The quantitative estimate of drug-likeness (QED) is 0.689. The van der Waals surface area contributed by atoms with Crippen LogP contribution in [0.3, 0.4) is 0 Å². The molecule has 0 atom stereocenters. The van der Waals surface area contributed by atoms with Crippen LogP contribution in [-0.2, 0) is 0 Å². The topological polar surface area (TPSA) is 30.2 Å². The van der Waals surface area contributed by atoms with Gasteiger partial charge in [-0.15, -0.1) is 0 Å². The van der Waals surface area contributed by atoms with Gasteiger partial charge >= 0.3 is 0 Å². The van der Waals surface area contributed by atoms with Crippen LogP contribution >= 0.6 is 0 Å². The Morgan fingerprint density at radius 3 is 2.21 bits per heavy atom. The molecule has 0 bridgehead atoms. The van der Waals surface area contributed by atoms with Gasteiger partial charge in [0.15, 0.2) is 5.76 Å². The number of carbonyl (C=O) groups excluding carboxylic acids is 1. The van der Waals surface area contributed by atoms with Crippen molar-refractivity contribution in [1.29, 1.82) is 0 Å². The minimum Gasteiger partial charge on any atom is -0.457 e. The first-order chi connectivity index (χ1) is 6.43. The summed E-state index contributed by atoms with van der Waals surface area (Å²) in [6, 6.07) is 1.96. The summed E-state index contributed by atoms with van der Waals surface area (Å²) in [7, 11) is 0. The van der Waals surface area contributed by atoms with Gasteiger partial charge in [0.05, 0.1) is 0 Å². The van der Waals surface area contributed by atoms with E-state index in [-0.39, 0.29) is 11.7 Å². The van der Waals surface area contributed by atoms with Crippen LogP contribution < -0.4 is 0 Å². The molecule has 0 aliphatic heterocycles. The molecule has 0 aliphatic rings. The molecule has 0 radical (unpaired) electrons. The summed E-state index contributed by atoms with van der Waals surface area (Å²) >= 11 is 0. The maximum Gasteiger partial charge on any atom is 0.200 e. The Kier molecular flexibility index (Phi) is 3.14. The lowest BCUT2D eigenvalue weighted by atomic mass is 10.0. The van der Waals surface area contributed by atoms with Gasteiger partial charge in [0.1, 0.15) is 5.76 Å². The van der Waals surface area contributed by atoms with Gasteiger partial charge in [0.25, 0.3) is 0 Å². The van der Waals surface area contributed by atoms with E-state index in [0.717, 1.165) is 11.3 Å². The average Bonchev–Trinajstić information content (AvgIpc) is 2.46. The number of carbonyl (C=O) groups is 1. The number of aryl methyl sites for hydroxylation is 1. The highest BCUT2D eigenvalue weighted by molar-refractivity contribution is 5.96. The molecule has 14 heavy (non-hydrogen) atoms. The van der Waals surface area contributed by atoms with E-state index in [1.807, 2.05) is 26.8 Å². The maximum atomic E-state index is 11.7. The molecular weight excluding hydrogens is 176 g/mol. The summed E-state index contributed by atoms with van der Waals surface area (Å²) in [4.78, 5) is 11.7. The van der Waals surface area contributed by atoms with Gasteiger partial charge < -0.3 is 4.42 Å². The minimum atomic E-state index is -0.000128. The number of hydrogen-bond acceptors (Lipinski definition) is 2. The second-order valence-electron chi connectivity index (χ2n) is 4.33. The molecule has 1 heterocycles. The Hall–Kier alpha value is -1.05. The number of Topliss-reactive ketones (excluding diaryl/α,β-unsaturated/α-hetero) is 1. The summed E-state index contributed by atoms with van der Waals surface area (Å²) in [6.07, 6.45) is 0. The van der Waals surface area contributed by atoms with Gasteiger partial charge in [0, 0.05) is 11.8 Å². The molecule has 1 rings (SSSR count). The van der Waals surface area contributed by atoms with Crippen LogP contribution in [0.1, 0.15) is 55.5 Å². The van der Waals surface area contributed by atoms with Gasteiger partial charge in [-0.05, 0) is 18.6 Å². The van der Waals surface area contributed by atoms with Gasteiger partial charge in [-0.1, -0.05) is 27.7 Å². The van der Waals surface area contributed by atoms with E-state index < -0.39 is 0 Å². The largest absolute Gasteiger partial charge is 0.457 e. The number of hydrogen-bond donors (Lipinski definition) is 0. The first-order valence-electron chi connectivity index (χ1n) is 5.08. The van der Waals surface area contributed by atoms with Crippen LogP contribution in [0.25, 0.3) is 0 Å². The van der Waals surface area contributed by atoms with Gasteiger partial charge in [-0.3, -0.25) is 4.79 Å². The summed E-state index contributed by atoms with van der Waals surface area (Å²) in [6.45, 7) is 9.81. The lowest BCUT2D eigenvalue weighted by Gasteiger charge is -2.02. The van der Waals surface area contributed by atoms with Crippen molar-refractivity contribution in [3.63, 3.8) is 0 Å². The Bertz CT molecular complexity index is 332. The lowest BCUT2D eigenvalue weighted by molar-refractivity contribution is 0.0908. The van der Waals surface area contributed by atoms with Crippen molar-refractivity contribution in [2.45, 2.75) is 40.5 Å². The van der Waals surface area contributed by atoms with E-state index >= 15 is 0 Å². The van der Waals surface area contributed by atoms with Crippen LogP contribution in [0.15, 0.2) is 10.5 Å². The predicted molar refractivity (Wildman–Crippen MR) is 56.7 cm³/mol. The summed E-state index contributed by atoms with van der Waals surface area (Å²) < 4.78 is 5.55. The lowest BCUT2D eigenvalue weighted by Crippen LogP contribution is -2.07. The Labute approximate surface area is 85.3 Å². The zero-order valence-electron chi connectivity index (χ0n) is 9.55. The molecule has 0 saturated carbocycles. The molecule has 2 heteroatoms. The highest BCUT2D eigenvalue weighted by Gasteiger charge is 2.19. The van der Waals surface area contributed by atoms with Crippen molar-refractivity contribution in [3.05, 3.63) is 23.2 Å². The Balaban J connectivity index is 3.04. The first-order valence-corrected chi connectivity index (χ1v) is 5.08. The minimum absolute atomic E-state index is 0.000128. The predicted octanol–water partition coefficient (Wildman–Crippen LogP) is 3.55. The zero-order chi connectivity index (χ0) is 10.9. The van der Waals surface area contributed by atoms with Gasteiger partial charge in [-0.2, -0.15) is 0 Å². The van der Waals surface area contributed by atoms with Crippen molar-refractivity contribution in [3.8, 4) is 0 Å². The second-order valence-corrected chi connectivity index (χ2v) is 4.33. The van der Waals surface area contributed by atoms with Crippen molar-refractivity contribution < 1.29 is 9.21 Å². The first kappa shape index (κ1) is 11.0. The van der Waals surface area contributed by atoms with Crippen LogP contribution in [-0.4, -0.2) is 5.78 Å². The van der Waals surface area contributed by atoms with E-state index in [0.29, 0.717) is 11.7 Å². The van der Waals surface area contributed by atoms with Crippen LogP contribution in [0.5, 0.6) is 0 Å². The molecule has 78 valence electrons. The average molecular weight is 194 g/mol. The fraction of sp³-hybridized carbons (Fsp3) is 0.583. The standard InChI is InChI=1S/C12H18O2/c1-7(2)10-6-9(5)12(14-10)11(13)8(3)4/h6-8H,1-5H3. The molecular formula is C12H18O2. The van der Waals surface area contributed by atoms with Crippen molar-refractivity contribution >= 4 is 5.78 Å². The summed E-state index contributed by atoms with van der Waals surface area (Å²) in [5.74, 6) is 1.85. The van der Waals surface area contributed by atoms with E-state index in [1.165, 1.54) is 0 Å². The molecule has 0 saturated heterocycles. The third-order valence-corrected chi connectivity index (χ3v) is 2.25. The Morgan fingerprint density at radius 1 is 1.29 bits per heavy atom. The summed E-state index contributed by atoms with van der Waals surface area (Å²) in [5, 5.41) is 0. The number of ketones is 1. The molecule has 0 spiro atoms. The van der Waals surface area contributed by atoms with Gasteiger partial charge in [0.2, 0.25) is 5.78 Å². The van der Waals surface area contributed by atoms with Crippen LogP contribution in [0, 0.1) is 12.8 Å². The van der Waals surface area contributed by atoms with Crippen LogP contribution in [0.2, 0.25) is 0 Å². The zero-order valence-corrected chi connectivity index (χ0v) is 9.55. The monoisotopic (exact) mass is 194 g/mol. The second kappa shape index (κ2) is 3.99. The molecule has 0 aliphatic carbocycles. The smallest absolute Gasteiger partial charge is 0.200 e. The number of furan rings is 1. The van der Waals surface area contributed by atoms with Crippen LogP contribution in [0.4, 0.5) is 0 Å². The van der Waals surface area contributed by atoms with E-state index in [9.17, 15) is 4.79 Å². The molecule has 0 fully saturated rings. The molecule has 1 aromatic rings. The third kappa shape index (κ3) is 2.06. The summed E-state index contributed by atoms with van der Waals surface area (Å²) in [5.41, 5.74) is 0.951. The highest BCUT2D eigenvalue weighted by atomic mass is 16.3. The SMILES string of the molecule is Cc1cc(C(C)C)oc1C(=O)C(C)C. The third-order valence-electron chi connectivity index (χ3n) is 2.25. The number of rotatable bonds is 3. The van der Waals surface area contributed by atoms with Gasteiger partial charge in [-0.25, -0.2) is 0 Å². The highest BCUT2D eigenvalue weighted by Crippen LogP contribution is 2.23. The molecule has 0 N–H and O–H groups in total.